The third kappa shape index (κ3) is 3.25. The Morgan fingerprint density at radius 3 is 2.18 bits per heavy atom. The molecule has 0 atom stereocenters. The first-order valence-electron chi connectivity index (χ1n) is 6.73. The topological polar surface area (TPSA) is 124 Å². The fraction of sp³-hybridized carbons (Fsp3) is 0.267. The molecule has 0 bridgehead atoms. The number of carbonyl (C=O) groups excluding carboxylic acids is 1. The van der Waals surface area contributed by atoms with Crippen LogP contribution in [0.5, 0.6) is 5.75 Å². The van der Waals surface area contributed by atoms with Gasteiger partial charge < -0.3 is 20.6 Å². The van der Waals surface area contributed by atoms with Crippen molar-refractivity contribution in [3.63, 3.8) is 0 Å². The lowest BCUT2D eigenvalue weighted by Gasteiger charge is -2.17. The van der Waals surface area contributed by atoms with Crippen LogP contribution in [0.4, 0.5) is 5.69 Å². The Balaban J connectivity index is 2.27. The zero-order valence-corrected chi connectivity index (χ0v) is 11.6. The average molecular weight is 305 g/mol. The van der Waals surface area contributed by atoms with E-state index in [1.54, 1.807) is 0 Å². The number of phenols is 1. The van der Waals surface area contributed by atoms with E-state index in [0.29, 0.717) is 12.8 Å². The molecule has 0 fully saturated rings. The number of hydrogen-bond acceptors (Lipinski definition) is 4. The highest BCUT2D eigenvalue weighted by Crippen LogP contribution is 2.27. The molecule has 22 heavy (non-hydrogen) atoms. The van der Waals surface area contributed by atoms with E-state index in [-0.39, 0.29) is 22.4 Å². The SMILES string of the molecule is O=C(O)C1=C(C(=O)Nc2ccc(O)c(C(=O)O)c2)CCCC1. The summed E-state index contributed by atoms with van der Waals surface area (Å²) >= 11 is 0. The van der Waals surface area contributed by atoms with Crippen LogP contribution in [-0.2, 0) is 9.59 Å². The number of nitrogens with one attached hydrogen (secondary N) is 1. The molecular weight excluding hydrogens is 290 g/mol. The Kier molecular flexibility index (Phi) is 4.45. The smallest absolute Gasteiger partial charge is 0.339 e. The van der Waals surface area contributed by atoms with Gasteiger partial charge in [0.2, 0.25) is 0 Å². The second-order valence-corrected chi connectivity index (χ2v) is 4.96. The fourth-order valence-electron chi connectivity index (χ4n) is 2.38. The molecule has 0 heterocycles. The normalized spacial score (nSPS) is 14.5. The van der Waals surface area contributed by atoms with Crippen LogP contribution in [0, 0.1) is 0 Å². The molecule has 0 unspecified atom stereocenters. The van der Waals surface area contributed by atoms with Crippen LogP contribution in [0.1, 0.15) is 36.0 Å². The molecule has 4 N–H and O–H groups in total. The number of carbonyl (C=O) groups is 3. The maximum Gasteiger partial charge on any atom is 0.339 e. The molecule has 116 valence electrons. The van der Waals surface area contributed by atoms with Gasteiger partial charge in [-0.15, -0.1) is 0 Å². The van der Waals surface area contributed by atoms with E-state index in [1.807, 2.05) is 0 Å². The zero-order chi connectivity index (χ0) is 16.3. The second-order valence-electron chi connectivity index (χ2n) is 4.96. The van der Waals surface area contributed by atoms with E-state index in [1.165, 1.54) is 6.07 Å². The first-order chi connectivity index (χ1) is 10.4. The van der Waals surface area contributed by atoms with Crippen molar-refractivity contribution >= 4 is 23.5 Å². The summed E-state index contributed by atoms with van der Waals surface area (Å²) in [5.74, 6) is -3.40. The van der Waals surface area contributed by atoms with Crippen molar-refractivity contribution < 1.29 is 29.7 Å². The number of amides is 1. The van der Waals surface area contributed by atoms with Crippen LogP contribution in [0.2, 0.25) is 0 Å². The van der Waals surface area contributed by atoms with E-state index >= 15 is 0 Å². The number of aromatic hydroxyl groups is 1. The number of aliphatic carboxylic acids is 1. The third-order valence-corrected chi connectivity index (χ3v) is 3.48. The predicted molar refractivity (Wildman–Crippen MR) is 76.8 cm³/mol. The predicted octanol–water partition coefficient (Wildman–Crippen LogP) is 1.98. The Labute approximate surface area is 125 Å². The van der Waals surface area contributed by atoms with Crippen molar-refractivity contribution in [3.8, 4) is 5.75 Å². The summed E-state index contributed by atoms with van der Waals surface area (Å²) in [7, 11) is 0. The molecule has 1 aliphatic rings. The summed E-state index contributed by atoms with van der Waals surface area (Å²) < 4.78 is 0. The molecule has 0 aromatic heterocycles. The Hall–Kier alpha value is -2.83. The van der Waals surface area contributed by atoms with Crippen LogP contribution >= 0.6 is 0 Å². The highest BCUT2D eigenvalue weighted by Gasteiger charge is 2.23. The van der Waals surface area contributed by atoms with Gasteiger partial charge in [-0.05, 0) is 43.9 Å². The van der Waals surface area contributed by atoms with Gasteiger partial charge in [-0.2, -0.15) is 0 Å². The highest BCUT2D eigenvalue weighted by atomic mass is 16.4. The monoisotopic (exact) mass is 305 g/mol. The van der Waals surface area contributed by atoms with E-state index in [4.69, 9.17) is 10.2 Å². The number of rotatable bonds is 4. The van der Waals surface area contributed by atoms with Crippen LogP contribution in [0.15, 0.2) is 29.3 Å². The molecule has 0 saturated heterocycles. The van der Waals surface area contributed by atoms with Crippen molar-refractivity contribution in [1.29, 1.82) is 0 Å². The minimum Gasteiger partial charge on any atom is -0.507 e. The quantitative estimate of drug-likeness (QED) is 0.631. The number of aromatic carboxylic acids is 1. The van der Waals surface area contributed by atoms with E-state index < -0.39 is 23.6 Å². The van der Waals surface area contributed by atoms with Gasteiger partial charge >= 0.3 is 11.9 Å². The first-order valence-corrected chi connectivity index (χ1v) is 6.73. The minimum atomic E-state index is -1.32. The molecule has 1 aromatic rings. The number of hydrogen-bond donors (Lipinski definition) is 4. The Morgan fingerprint density at radius 2 is 1.59 bits per heavy atom. The first kappa shape index (κ1) is 15.6. The van der Waals surface area contributed by atoms with Gasteiger partial charge in [0, 0.05) is 16.8 Å². The lowest BCUT2D eigenvalue weighted by molar-refractivity contribution is -0.133. The van der Waals surface area contributed by atoms with Gasteiger partial charge in [-0.25, -0.2) is 9.59 Å². The summed E-state index contributed by atoms with van der Waals surface area (Å²) in [6, 6.07) is 3.63. The molecule has 0 spiro atoms. The van der Waals surface area contributed by atoms with Gasteiger partial charge in [-0.3, -0.25) is 4.79 Å². The average Bonchev–Trinajstić information content (AvgIpc) is 2.48. The molecule has 1 amide bonds. The van der Waals surface area contributed by atoms with Crippen molar-refractivity contribution in [3.05, 3.63) is 34.9 Å². The molecule has 7 heteroatoms. The maximum atomic E-state index is 12.2. The van der Waals surface area contributed by atoms with Crippen LogP contribution in [0.25, 0.3) is 0 Å². The Morgan fingerprint density at radius 1 is 0.955 bits per heavy atom. The van der Waals surface area contributed by atoms with Crippen molar-refractivity contribution in [1.82, 2.24) is 0 Å². The molecule has 0 saturated carbocycles. The largest absolute Gasteiger partial charge is 0.507 e. The summed E-state index contributed by atoms with van der Waals surface area (Å²) in [5.41, 5.74) is 0.154. The van der Waals surface area contributed by atoms with Gasteiger partial charge in [-0.1, -0.05) is 0 Å². The minimum absolute atomic E-state index is 0.0981. The van der Waals surface area contributed by atoms with Crippen molar-refractivity contribution in [2.45, 2.75) is 25.7 Å². The van der Waals surface area contributed by atoms with E-state index in [0.717, 1.165) is 25.0 Å². The maximum absolute atomic E-state index is 12.2. The third-order valence-electron chi connectivity index (χ3n) is 3.48. The lowest BCUT2D eigenvalue weighted by Crippen LogP contribution is -2.21. The van der Waals surface area contributed by atoms with Gasteiger partial charge in [0.15, 0.2) is 0 Å². The zero-order valence-electron chi connectivity index (χ0n) is 11.6. The molecule has 0 aliphatic heterocycles. The standard InChI is InChI=1S/C15H15NO6/c17-12-6-5-8(7-11(12)15(21)22)16-13(18)9-3-1-2-4-10(9)14(19)20/h5-7,17H,1-4H2,(H,16,18)(H,19,20)(H,21,22). The lowest BCUT2D eigenvalue weighted by atomic mass is 9.91. The van der Waals surface area contributed by atoms with Crippen molar-refractivity contribution in [2.24, 2.45) is 0 Å². The molecular formula is C15H15NO6. The van der Waals surface area contributed by atoms with Crippen LogP contribution in [0.3, 0.4) is 0 Å². The molecule has 7 nitrogen and oxygen atoms in total. The van der Waals surface area contributed by atoms with Gasteiger partial charge in [0.05, 0.1) is 0 Å². The number of carboxylic acids is 2. The summed E-state index contributed by atoms with van der Waals surface area (Å²) in [4.78, 5) is 34.3. The van der Waals surface area contributed by atoms with Gasteiger partial charge in [0.1, 0.15) is 11.3 Å². The number of carboxylic acid groups (broad SMARTS) is 2. The van der Waals surface area contributed by atoms with Crippen LogP contribution < -0.4 is 5.32 Å². The van der Waals surface area contributed by atoms with Crippen molar-refractivity contribution in [2.75, 3.05) is 5.32 Å². The fourth-order valence-corrected chi connectivity index (χ4v) is 2.38. The number of benzene rings is 1. The van der Waals surface area contributed by atoms with E-state index in [9.17, 15) is 19.5 Å². The second kappa shape index (κ2) is 6.30. The summed E-state index contributed by atoms with van der Waals surface area (Å²) in [5, 5.41) is 30.0. The summed E-state index contributed by atoms with van der Waals surface area (Å²) in [6.45, 7) is 0. The Bertz CT molecular complexity index is 677. The highest BCUT2D eigenvalue weighted by molar-refractivity contribution is 6.09. The number of anilines is 1. The van der Waals surface area contributed by atoms with E-state index in [2.05, 4.69) is 5.32 Å². The van der Waals surface area contributed by atoms with Crippen LogP contribution in [-0.4, -0.2) is 33.2 Å². The molecule has 1 aromatic carbocycles. The molecule has 1 aliphatic carbocycles. The van der Waals surface area contributed by atoms with Gasteiger partial charge in [0.25, 0.3) is 5.91 Å². The molecule has 2 rings (SSSR count). The molecule has 0 radical (unpaired) electrons. The summed E-state index contributed by atoms with van der Waals surface area (Å²) in [6.07, 6.45) is 2.17.